The molecule has 1 aromatic carbocycles. The number of carbonyl (C=O) groups excluding carboxylic acids is 2. The Balaban J connectivity index is 3.20. The van der Waals surface area contributed by atoms with Gasteiger partial charge < -0.3 is 20.3 Å². The van der Waals surface area contributed by atoms with Crippen molar-refractivity contribution >= 4 is 23.5 Å². The predicted molar refractivity (Wildman–Crippen MR) is 102 cm³/mol. The number of carboxylic acid groups (broad SMARTS) is 1. The molecule has 0 saturated heterocycles. The van der Waals surface area contributed by atoms with Crippen molar-refractivity contribution in [1.29, 1.82) is 0 Å². The van der Waals surface area contributed by atoms with Gasteiger partial charge in [0.15, 0.2) is 0 Å². The van der Waals surface area contributed by atoms with Gasteiger partial charge in [-0.2, -0.15) is 0 Å². The van der Waals surface area contributed by atoms with Crippen LogP contribution in [0.1, 0.15) is 45.1 Å². The Labute approximate surface area is 168 Å². The molecule has 0 aliphatic rings. The quantitative estimate of drug-likeness (QED) is 0.282. The third kappa shape index (κ3) is 7.49. The van der Waals surface area contributed by atoms with Crippen molar-refractivity contribution in [3.8, 4) is 0 Å². The number of non-ortho nitro benzene ring substituents is 1. The number of hydrogen-bond donors (Lipinski definition) is 3. The van der Waals surface area contributed by atoms with E-state index in [1.54, 1.807) is 20.8 Å². The summed E-state index contributed by atoms with van der Waals surface area (Å²) in [7, 11) is 0. The van der Waals surface area contributed by atoms with E-state index in [9.17, 15) is 34.7 Å². The fourth-order valence-electron chi connectivity index (χ4n) is 2.81. The van der Waals surface area contributed by atoms with E-state index in [0.717, 1.165) is 0 Å². The Morgan fingerprint density at radius 3 is 2.24 bits per heavy atom. The van der Waals surface area contributed by atoms with Crippen LogP contribution in [-0.4, -0.2) is 51.7 Å². The number of hydrogen-bond acceptors (Lipinski definition) is 7. The molecule has 1 rings (SSSR count). The summed E-state index contributed by atoms with van der Waals surface area (Å²) >= 11 is 0. The van der Waals surface area contributed by atoms with E-state index in [1.807, 2.05) is 0 Å². The Morgan fingerprint density at radius 2 is 1.79 bits per heavy atom. The Kier molecular flexibility index (Phi) is 9.20. The molecule has 3 N–H and O–H groups in total. The minimum absolute atomic E-state index is 0.00373. The number of rotatable bonds is 11. The Bertz CT molecular complexity index is 732. The standard InChI is InChI=1S/C19H26N2O8/c1-4-29-16(23)10-14(12-5-7-13(8-6-12)21(27)28)17(19(25)26)20-18(24)15(22)9-11(2)3/h5-8,11,14-15,17,22H,4,9-10H2,1-3H3,(H,20,24)(H,25,26)/t14-,15+,17-/m1/s1. The number of aliphatic hydroxyl groups excluding tert-OH is 1. The number of nitro groups is 1. The molecule has 0 saturated carbocycles. The molecule has 0 bridgehead atoms. The number of carboxylic acids is 1. The van der Waals surface area contributed by atoms with Crippen LogP contribution in [-0.2, 0) is 19.1 Å². The first-order valence-corrected chi connectivity index (χ1v) is 9.18. The average molecular weight is 410 g/mol. The number of ether oxygens (including phenoxy) is 1. The molecule has 0 aromatic heterocycles. The molecule has 0 spiro atoms. The van der Waals surface area contributed by atoms with E-state index in [2.05, 4.69) is 5.32 Å². The molecule has 0 aliphatic carbocycles. The van der Waals surface area contributed by atoms with Gasteiger partial charge in [0.2, 0.25) is 5.91 Å². The van der Waals surface area contributed by atoms with Gasteiger partial charge in [0, 0.05) is 18.1 Å². The van der Waals surface area contributed by atoms with Crippen LogP contribution in [0, 0.1) is 16.0 Å². The minimum atomic E-state index is -1.55. The zero-order valence-electron chi connectivity index (χ0n) is 16.5. The number of nitrogens with one attached hydrogen (secondary N) is 1. The van der Waals surface area contributed by atoms with E-state index >= 15 is 0 Å². The zero-order chi connectivity index (χ0) is 22.1. The van der Waals surface area contributed by atoms with Gasteiger partial charge in [0.1, 0.15) is 12.1 Å². The minimum Gasteiger partial charge on any atom is -0.480 e. The second kappa shape index (κ2) is 11.1. The highest BCUT2D eigenvalue weighted by molar-refractivity contribution is 5.87. The maximum absolute atomic E-state index is 12.3. The van der Waals surface area contributed by atoms with Crippen molar-refractivity contribution < 1.29 is 34.3 Å². The van der Waals surface area contributed by atoms with Crippen molar-refractivity contribution in [3.05, 3.63) is 39.9 Å². The molecule has 1 aromatic rings. The van der Waals surface area contributed by atoms with Gasteiger partial charge >= 0.3 is 11.9 Å². The molecule has 3 atom stereocenters. The number of aliphatic carboxylic acids is 1. The molecule has 0 heterocycles. The molecule has 29 heavy (non-hydrogen) atoms. The fraction of sp³-hybridized carbons (Fsp3) is 0.526. The Hall–Kier alpha value is -3.01. The van der Waals surface area contributed by atoms with Gasteiger partial charge in [0.25, 0.3) is 5.69 Å². The summed E-state index contributed by atoms with van der Waals surface area (Å²) in [6, 6.07) is 3.47. The van der Waals surface area contributed by atoms with Crippen molar-refractivity contribution in [3.63, 3.8) is 0 Å². The van der Waals surface area contributed by atoms with Crippen LogP contribution in [0.5, 0.6) is 0 Å². The number of esters is 1. The number of amides is 1. The smallest absolute Gasteiger partial charge is 0.326 e. The molecular weight excluding hydrogens is 384 g/mol. The lowest BCUT2D eigenvalue weighted by Crippen LogP contribution is -2.49. The molecule has 0 unspecified atom stereocenters. The lowest BCUT2D eigenvalue weighted by Gasteiger charge is -2.26. The topological polar surface area (TPSA) is 156 Å². The lowest BCUT2D eigenvalue weighted by molar-refractivity contribution is -0.384. The summed E-state index contributed by atoms with van der Waals surface area (Å²) in [4.78, 5) is 46.4. The number of benzene rings is 1. The molecule has 0 aliphatic heterocycles. The maximum atomic E-state index is 12.3. The van der Waals surface area contributed by atoms with Gasteiger partial charge in [-0.05, 0) is 24.8 Å². The maximum Gasteiger partial charge on any atom is 0.326 e. The van der Waals surface area contributed by atoms with Crippen LogP contribution < -0.4 is 5.32 Å². The van der Waals surface area contributed by atoms with E-state index in [4.69, 9.17) is 4.74 Å². The number of nitro benzene ring substituents is 1. The molecule has 10 nitrogen and oxygen atoms in total. The van der Waals surface area contributed by atoms with Crippen LogP contribution in [0.15, 0.2) is 24.3 Å². The molecule has 10 heteroatoms. The van der Waals surface area contributed by atoms with Crippen LogP contribution in [0.2, 0.25) is 0 Å². The van der Waals surface area contributed by atoms with Crippen LogP contribution in [0.4, 0.5) is 5.69 Å². The molecule has 160 valence electrons. The summed E-state index contributed by atoms with van der Waals surface area (Å²) in [5, 5.41) is 32.7. The fourth-order valence-corrected chi connectivity index (χ4v) is 2.81. The first-order chi connectivity index (χ1) is 13.6. The third-order valence-electron chi connectivity index (χ3n) is 4.19. The second-order valence-corrected chi connectivity index (χ2v) is 6.93. The van der Waals surface area contributed by atoms with Gasteiger partial charge in [-0.3, -0.25) is 19.7 Å². The van der Waals surface area contributed by atoms with E-state index < -0.39 is 40.8 Å². The van der Waals surface area contributed by atoms with Gasteiger partial charge in [0.05, 0.1) is 18.0 Å². The molecule has 0 fully saturated rings. The molecule has 1 amide bonds. The van der Waals surface area contributed by atoms with Crippen LogP contribution >= 0.6 is 0 Å². The highest BCUT2D eigenvalue weighted by Crippen LogP contribution is 2.27. The van der Waals surface area contributed by atoms with E-state index in [-0.39, 0.29) is 31.1 Å². The summed E-state index contributed by atoms with van der Waals surface area (Å²) in [5.74, 6) is -4.02. The lowest BCUT2D eigenvalue weighted by atomic mass is 9.88. The molecular formula is C19H26N2O8. The zero-order valence-corrected chi connectivity index (χ0v) is 16.5. The summed E-state index contributed by atoms with van der Waals surface area (Å²) in [6.45, 7) is 5.28. The number of carbonyl (C=O) groups is 3. The van der Waals surface area contributed by atoms with Gasteiger partial charge in [-0.15, -0.1) is 0 Å². The predicted octanol–water partition coefficient (Wildman–Crippen LogP) is 1.61. The van der Waals surface area contributed by atoms with Gasteiger partial charge in [-0.25, -0.2) is 4.79 Å². The average Bonchev–Trinajstić information content (AvgIpc) is 2.63. The first kappa shape index (κ1) is 24.0. The van der Waals surface area contributed by atoms with Crippen molar-refractivity contribution in [1.82, 2.24) is 5.32 Å². The van der Waals surface area contributed by atoms with Crippen molar-refractivity contribution in [2.45, 2.75) is 51.7 Å². The monoisotopic (exact) mass is 410 g/mol. The largest absolute Gasteiger partial charge is 0.480 e. The Morgan fingerprint density at radius 1 is 1.21 bits per heavy atom. The normalized spacial score (nSPS) is 14.0. The number of aliphatic hydroxyl groups is 1. The highest BCUT2D eigenvalue weighted by atomic mass is 16.6. The van der Waals surface area contributed by atoms with E-state index in [1.165, 1.54) is 24.3 Å². The van der Waals surface area contributed by atoms with Crippen molar-refractivity contribution in [2.75, 3.05) is 6.61 Å². The van der Waals surface area contributed by atoms with Crippen molar-refractivity contribution in [2.24, 2.45) is 5.92 Å². The number of nitrogens with zero attached hydrogens (tertiary/aromatic N) is 1. The van der Waals surface area contributed by atoms with E-state index in [0.29, 0.717) is 5.56 Å². The van der Waals surface area contributed by atoms with Crippen LogP contribution in [0.25, 0.3) is 0 Å². The summed E-state index contributed by atoms with van der Waals surface area (Å²) in [5.41, 5.74) is 0.0987. The third-order valence-corrected chi connectivity index (χ3v) is 4.19. The molecule has 0 radical (unpaired) electrons. The summed E-state index contributed by atoms with van der Waals surface area (Å²) in [6.07, 6.45) is -1.64. The first-order valence-electron chi connectivity index (χ1n) is 9.18. The SMILES string of the molecule is CCOC(=O)C[C@H](c1ccc([N+](=O)[O-])cc1)[C@@H](NC(=O)[C@@H](O)CC(C)C)C(=O)O. The summed E-state index contributed by atoms with van der Waals surface area (Å²) < 4.78 is 4.89. The second-order valence-electron chi connectivity index (χ2n) is 6.93. The van der Waals surface area contributed by atoms with Gasteiger partial charge in [-0.1, -0.05) is 26.0 Å². The highest BCUT2D eigenvalue weighted by Gasteiger charge is 2.34. The van der Waals surface area contributed by atoms with Crippen LogP contribution in [0.3, 0.4) is 0 Å².